The predicted molar refractivity (Wildman–Crippen MR) is 290 cm³/mol. The first kappa shape index (κ1) is 65.3. The highest BCUT2D eigenvalue weighted by Gasteiger charge is 2.48. The van der Waals surface area contributed by atoms with Gasteiger partial charge in [-0.15, -0.1) is 0 Å². The number of benzene rings is 1. The Morgan fingerprint density at radius 3 is 2.09 bits per heavy atom. The van der Waals surface area contributed by atoms with Crippen molar-refractivity contribution in [3.05, 3.63) is 42.0 Å². The third-order valence-electron chi connectivity index (χ3n) is 15.4. The molecule has 8 amide bonds. The molecule has 13 atom stereocenters. The lowest BCUT2D eigenvalue weighted by molar-refractivity contribution is -0.165. The predicted octanol–water partition coefficient (Wildman–Crippen LogP) is 1.78. The number of nitrogens with zero attached hydrogens (tertiary/aromatic N) is 5. The molecule has 440 valence electrons. The number of likely N-dealkylation sites (N-methyl/N-ethyl adjacent to an activating group) is 2. The van der Waals surface area contributed by atoms with Crippen molar-refractivity contribution in [1.82, 2.24) is 35.1 Å². The van der Waals surface area contributed by atoms with Crippen LogP contribution in [-0.2, 0) is 59.1 Å². The number of carbonyl (C=O) groups is 10. The molecular weight excluding hydrogens is 1020 g/mol. The number of rotatable bonds is 18. The quantitative estimate of drug-likeness (QED) is 0.0796. The van der Waals surface area contributed by atoms with Gasteiger partial charge in [0, 0.05) is 33.6 Å². The minimum atomic E-state index is -1.80. The molecule has 2 saturated heterocycles. The van der Waals surface area contributed by atoms with E-state index >= 15 is 14.4 Å². The van der Waals surface area contributed by atoms with E-state index in [1.807, 2.05) is 0 Å². The van der Waals surface area contributed by atoms with Gasteiger partial charge < -0.3 is 55.0 Å². The summed E-state index contributed by atoms with van der Waals surface area (Å²) < 4.78 is 11.5. The number of fused-ring (bicyclic) bond motifs is 1. The summed E-state index contributed by atoms with van der Waals surface area (Å²) in [6.45, 7) is 17.6. The van der Waals surface area contributed by atoms with E-state index in [0.717, 1.165) is 9.80 Å². The number of Topliss-reactive ketones (excluding diaryl/α,β-unsaturated/α-hetero) is 1. The highest BCUT2D eigenvalue weighted by Crippen LogP contribution is 2.29. The van der Waals surface area contributed by atoms with E-state index in [1.165, 1.54) is 57.9 Å². The number of ketones is 1. The molecule has 1 aromatic rings. The number of aliphatic hydroxyl groups excluding tert-OH is 3. The Bertz CT molecular complexity index is 2390. The molecule has 2 fully saturated rings. The number of methoxy groups -OCH3 is 1. The van der Waals surface area contributed by atoms with E-state index < -0.39 is 150 Å². The maximum Gasteiger partial charge on any atom is 0.329 e. The largest absolute Gasteiger partial charge is 0.497 e. The first-order valence-corrected chi connectivity index (χ1v) is 27.7. The third-order valence-corrected chi connectivity index (χ3v) is 15.4. The summed E-state index contributed by atoms with van der Waals surface area (Å²) in [5.74, 6) is -11.9. The van der Waals surface area contributed by atoms with Crippen molar-refractivity contribution in [3.8, 4) is 5.75 Å². The molecule has 0 spiro atoms. The van der Waals surface area contributed by atoms with Gasteiger partial charge in [-0.2, -0.15) is 0 Å². The molecule has 3 heterocycles. The molecule has 79 heavy (non-hydrogen) atoms. The Balaban J connectivity index is 1.95. The van der Waals surface area contributed by atoms with Crippen molar-refractivity contribution in [2.75, 3.05) is 34.3 Å². The maximum absolute atomic E-state index is 15.2. The molecule has 2 unspecified atom stereocenters. The Hall–Kier alpha value is -6.26. The summed E-state index contributed by atoms with van der Waals surface area (Å²) in [6, 6.07) is -3.20. The second-order valence-corrected chi connectivity index (χ2v) is 22.7. The van der Waals surface area contributed by atoms with Crippen LogP contribution in [0.1, 0.15) is 120 Å². The monoisotopic (exact) mass is 1110 g/mol. The first-order valence-electron chi connectivity index (χ1n) is 27.7. The Morgan fingerprint density at radius 1 is 0.899 bits per heavy atom. The fourth-order valence-corrected chi connectivity index (χ4v) is 10.3. The normalized spacial score (nSPS) is 25.7. The lowest BCUT2D eigenvalue weighted by Crippen LogP contribution is -2.63. The fourth-order valence-electron chi connectivity index (χ4n) is 10.3. The zero-order valence-corrected chi connectivity index (χ0v) is 48.5. The number of aliphatic hydroxyl groups is 3. The van der Waals surface area contributed by atoms with Crippen LogP contribution in [0.15, 0.2) is 36.4 Å². The van der Waals surface area contributed by atoms with E-state index in [-0.39, 0.29) is 50.6 Å². The summed E-state index contributed by atoms with van der Waals surface area (Å²) in [7, 11) is 4.21. The van der Waals surface area contributed by atoms with Gasteiger partial charge in [-0.1, -0.05) is 86.1 Å². The van der Waals surface area contributed by atoms with Crippen LogP contribution in [0.3, 0.4) is 0 Å². The zero-order chi connectivity index (χ0) is 59.5. The van der Waals surface area contributed by atoms with Gasteiger partial charge in [-0.25, -0.2) is 4.79 Å². The van der Waals surface area contributed by atoms with Gasteiger partial charge in [0.15, 0.2) is 5.78 Å². The van der Waals surface area contributed by atoms with Gasteiger partial charge in [0.05, 0.1) is 31.6 Å². The number of cyclic esters (lactones) is 1. The summed E-state index contributed by atoms with van der Waals surface area (Å²) >= 11 is 0. The molecule has 3 aliphatic rings. The van der Waals surface area contributed by atoms with E-state index in [9.17, 15) is 48.9 Å². The molecule has 3 aliphatic heterocycles. The summed E-state index contributed by atoms with van der Waals surface area (Å²) in [4.78, 5) is 151. The first-order chi connectivity index (χ1) is 37.0. The van der Waals surface area contributed by atoms with Gasteiger partial charge in [-0.05, 0) is 87.8 Å². The van der Waals surface area contributed by atoms with E-state index in [4.69, 9.17) is 9.47 Å². The summed E-state index contributed by atoms with van der Waals surface area (Å²) in [5, 5.41) is 38.7. The Morgan fingerprint density at radius 2 is 1.53 bits per heavy atom. The van der Waals surface area contributed by atoms with Crippen LogP contribution >= 0.6 is 0 Å². The Kier molecular flexibility index (Phi) is 23.8. The third kappa shape index (κ3) is 16.0. The molecule has 0 saturated carbocycles. The SMILES string of the molecule is CC[C@H](C)C1NC(=O)[C@@H](NC(=O)[C@@H](CC(C)C)N(C)C(=O)[C@@H]2C=CCN2C(=O)[C@H](C)O)[C@@H](C)OC(=O)[C@H](Cc2ccc(OC)cc2)N(C)C(=O)[C@@H]2CCCN2C(=O)C(CC(C)C)N(C(=O)[C@@H](C)C(=O)[C@@H](O)C(C)C)C(=O)C[C@@H]1O. The van der Waals surface area contributed by atoms with Crippen molar-refractivity contribution in [2.24, 2.45) is 29.6 Å². The van der Waals surface area contributed by atoms with Crippen LogP contribution in [0.4, 0.5) is 0 Å². The molecule has 22 nitrogen and oxygen atoms in total. The Labute approximate surface area is 464 Å². The van der Waals surface area contributed by atoms with Gasteiger partial charge in [0.1, 0.15) is 60.3 Å². The van der Waals surface area contributed by atoms with Gasteiger partial charge in [0.2, 0.25) is 41.4 Å². The van der Waals surface area contributed by atoms with Crippen molar-refractivity contribution < 1.29 is 72.7 Å². The van der Waals surface area contributed by atoms with Crippen molar-refractivity contribution in [3.63, 3.8) is 0 Å². The van der Waals surface area contributed by atoms with Crippen LogP contribution < -0.4 is 15.4 Å². The van der Waals surface area contributed by atoms with Crippen LogP contribution in [0.5, 0.6) is 5.75 Å². The number of nitrogens with one attached hydrogen (secondary N) is 2. The molecule has 22 heteroatoms. The number of imide groups is 1. The number of ether oxygens (including phenoxy) is 2. The minimum absolute atomic E-state index is 0.0133. The number of esters is 1. The molecule has 0 aliphatic carbocycles. The number of carbonyl (C=O) groups excluding carboxylic acids is 10. The van der Waals surface area contributed by atoms with Crippen LogP contribution in [-0.4, -0.2) is 200 Å². The minimum Gasteiger partial charge on any atom is -0.497 e. The van der Waals surface area contributed by atoms with E-state index in [2.05, 4.69) is 10.6 Å². The molecule has 0 aromatic heterocycles. The van der Waals surface area contributed by atoms with Gasteiger partial charge >= 0.3 is 5.97 Å². The van der Waals surface area contributed by atoms with Crippen LogP contribution in [0, 0.1) is 29.6 Å². The molecular formula is C57H87N7O15. The van der Waals surface area contributed by atoms with Gasteiger partial charge in [-0.3, -0.25) is 48.1 Å². The van der Waals surface area contributed by atoms with E-state index in [0.29, 0.717) is 29.1 Å². The smallest absolute Gasteiger partial charge is 0.329 e. The lowest BCUT2D eigenvalue weighted by Gasteiger charge is -2.39. The van der Waals surface area contributed by atoms with Crippen LogP contribution in [0.25, 0.3) is 0 Å². The average Bonchev–Trinajstić information content (AvgIpc) is 4.14. The molecule has 1 aromatic carbocycles. The molecule has 4 rings (SSSR count). The number of amides is 8. The van der Waals surface area contributed by atoms with Crippen molar-refractivity contribution in [2.45, 2.75) is 188 Å². The van der Waals surface area contributed by atoms with Crippen molar-refractivity contribution in [1.29, 1.82) is 0 Å². The van der Waals surface area contributed by atoms with Crippen LogP contribution in [0.2, 0.25) is 0 Å². The highest BCUT2D eigenvalue weighted by molar-refractivity contribution is 6.10. The maximum atomic E-state index is 15.2. The standard InChI is InChI=1S/C57H87N7O15/c1-15-33(8)46-44(66)29-45(67)64(52(72)34(9)49(69)48(68)32(6)7)42(27-31(4)5)56(76)63-25-17-19-40(63)55(75)61(13)43(28-37-20-22-38(78-14)23-21-37)57(77)79-36(11)47(51(71)58-46)59-50(70)41(26-30(2)3)60(12)54(74)39-18-16-24-62(39)53(73)35(10)65/h16,18,20-23,30-36,39-44,46-48,65-66,68H,15,17,19,24-29H2,1-14H3,(H,58,71)(H,59,70)/t33-,34-,35-,36+,39-,40-,41+,42?,43-,44-,46?,47-,48-/m0/s1. The number of hydrogen-bond donors (Lipinski definition) is 5. The van der Waals surface area contributed by atoms with Gasteiger partial charge in [0.25, 0.3) is 5.91 Å². The number of hydrogen-bond acceptors (Lipinski definition) is 15. The summed E-state index contributed by atoms with van der Waals surface area (Å²) in [6.07, 6.45) is -3.74. The highest BCUT2D eigenvalue weighted by atomic mass is 16.5. The second kappa shape index (κ2) is 28.8. The lowest BCUT2D eigenvalue weighted by atomic mass is 9.90. The topological polar surface area (TPSA) is 290 Å². The van der Waals surface area contributed by atoms with E-state index in [1.54, 1.807) is 85.7 Å². The second-order valence-electron chi connectivity index (χ2n) is 22.7. The molecule has 5 N–H and O–H groups in total. The van der Waals surface area contributed by atoms with Crippen molar-refractivity contribution >= 4 is 59.0 Å². The summed E-state index contributed by atoms with van der Waals surface area (Å²) in [5.41, 5.74) is 0.551. The molecule has 0 radical (unpaired) electrons. The fraction of sp³-hybridized carbons (Fsp3) is 0.684. The average molecular weight is 1110 g/mol. The molecule has 0 bridgehead atoms. The zero-order valence-electron chi connectivity index (χ0n) is 48.5.